The highest BCUT2D eigenvalue weighted by atomic mass is 28.3. The van der Waals surface area contributed by atoms with Crippen LogP contribution < -0.4 is 51.3 Å². The van der Waals surface area contributed by atoms with Crippen LogP contribution in [-0.2, 0) is 0 Å². The summed E-state index contributed by atoms with van der Waals surface area (Å²) in [5.74, 6) is 3.89. The molecule has 0 unspecified atom stereocenters. The molecule has 0 aliphatic carbocycles. The van der Waals surface area contributed by atoms with Gasteiger partial charge in [0.2, 0.25) is 0 Å². The van der Waals surface area contributed by atoms with Crippen molar-refractivity contribution < 1.29 is 0 Å². The lowest BCUT2D eigenvalue weighted by molar-refractivity contribution is 1.07. The molecule has 0 radical (unpaired) electrons. The number of nitrogens with zero attached hydrogens (tertiary/aromatic N) is 8. The van der Waals surface area contributed by atoms with Crippen molar-refractivity contribution in [2.75, 3.05) is 9.80 Å². The first-order valence-corrected chi connectivity index (χ1v) is 42.0. The second-order valence-electron chi connectivity index (χ2n) is 28.4. The van der Waals surface area contributed by atoms with E-state index < -0.39 is 16.1 Å². The number of anilines is 6. The van der Waals surface area contributed by atoms with Crippen LogP contribution in [0.1, 0.15) is 0 Å². The van der Waals surface area contributed by atoms with Gasteiger partial charge in [-0.25, -0.2) is 29.9 Å². The molecule has 3 aliphatic heterocycles. The van der Waals surface area contributed by atoms with Crippen molar-refractivity contribution in [1.82, 2.24) is 29.9 Å². The van der Waals surface area contributed by atoms with Crippen LogP contribution in [0, 0.1) is 0 Å². The lowest BCUT2D eigenvalue weighted by Gasteiger charge is -2.45. The van der Waals surface area contributed by atoms with Crippen LogP contribution in [0.15, 0.2) is 425 Å². The van der Waals surface area contributed by atoms with Gasteiger partial charge in [-0.05, 0) is 160 Å². The van der Waals surface area contributed by atoms with E-state index >= 15 is 0 Å². The van der Waals surface area contributed by atoms with Crippen LogP contribution in [0.2, 0.25) is 0 Å². The largest absolute Gasteiger partial charge is 0.311 e. The molecule has 16 aromatic carbocycles. The fourth-order valence-corrected chi connectivity index (χ4v) is 27.7. The number of benzene rings is 16. The van der Waals surface area contributed by atoms with Crippen molar-refractivity contribution in [3.63, 3.8) is 0 Å². The summed E-state index contributed by atoms with van der Waals surface area (Å²) in [6.07, 6.45) is 0. The molecule has 0 N–H and O–H groups in total. The summed E-state index contributed by atoms with van der Waals surface area (Å²) in [6.45, 7) is 0. The third-order valence-corrected chi connectivity index (χ3v) is 31.9. The first kappa shape index (κ1) is 67.0. The maximum Gasteiger partial charge on any atom is 0.185 e. The lowest BCUT2D eigenvalue weighted by Crippen LogP contribution is -2.77. The smallest absolute Gasteiger partial charge is 0.185 e. The van der Waals surface area contributed by atoms with E-state index in [-0.39, 0.29) is 0 Å². The van der Waals surface area contributed by atoms with E-state index in [2.05, 4.69) is 313 Å². The standard InChI is InChI=1S/C57H38N4Si.C45H32N4Si/c1-5-17-39(18-6-1)44-31-35-51-47(37-44)48-38-45(40-19-7-2-8-20-40)32-36-52(48)62(51)53-27-15-13-25-49(53)61(50-26-14-16-28-54(50)62)46-33-29-43(30-34-46)57-59-55(41-21-9-3-10-22-41)58-56(60-57)42-23-11-4-12-24-42;1-5-17-33(18-6-1)43-46-44(34-19-7-2-8-20-34)48-45(47-43)35-29-31-36(32-30-35)49-39-25-13-15-27-41(39)50(37-21-9-3-10-22-37,38-23-11-4-12-24-38)42-28-16-14-26-40(42)49/h1-38H;1-32H. The summed E-state index contributed by atoms with van der Waals surface area (Å²) in [5.41, 5.74) is 20.2. The van der Waals surface area contributed by atoms with E-state index in [1.54, 1.807) is 0 Å². The highest BCUT2D eigenvalue weighted by Crippen LogP contribution is 2.45. The molecular weight excluding hydrogens is 1390 g/mol. The highest BCUT2D eigenvalue weighted by Gasteiger charge is 2.54. The normalized spacial score (nSPS) is 12.9. The number of rotatable bonds is 12. The molecule has 526 valence electrons. The highest BCUT2D eigenvalue weighted by molar-refractivity contribution is 7.24. The summed E-state index contributed by atoms with van der Waals surface area (Å²) in [5, 5.41) is 11.1. The van der Waals surface area contributed by atoms with E-state index in [1.807, 2.05) is 121 Å². The molecule has 0 fully saturated rings. The Morgan fingerprint density at radius 1 is 0.161 bits per heavy atom. The van der Waals surface area contributed by atoms with Gasteiger partial charge in [-0.1, -0.05) is 340 Å². The van der Waals surface area contributed by atoms with Gasteiger partial charge in [-0.15, -0.1) is 0 Å². The van der Waals surface area contributed by atoms with Crippen LogP contribution in [0.3, 0.4) is 0 Å². The summed E-state index contributed by atoms with van der Waals surface area (Å²) < 4.78 is 0. The molecule has 1 spiro atoms. The SMILES string of the molecule is c1ccc(-c2ccc3c(c2)-c2cc(-c4ccccc4)ccc2[Si]32c3ccccc3N(c3ccc(-c4nc(-c5ccccc5)nc(-c5ccccc5)n4)cc3)c3ccccc32)cc1.c1ccc(-c2nc(-c3ccccc3)nc(-c3ccc(N4c5ccccc5[Si](c5ccccc5)(c5ccccc5)c5ccccc54)cc3)n2)cc1. The average molecular weight is 1460 g/mol. The molecule has 8 nitrogen and oxygen atoms in total. The van der Waals surface area contributed by atoms with Gasteiger partial charge < -0.3 is 9.80 Å². The fourth-order valence-electron chi connectivity index (χ4n) is 17.1. The van der Waals surface area contributed by atoms with Gasteiger partial charge in [-0.2, -0.15) is 0 Å². The van der Waals surface area contributed by atoms with Crippen molar-refractivity contribution in [2.45, 2.75) is 0 Å². The Hall–Kier alpha value is -14.4. The average Bonchev–Trinajstić information content (AvgIpc) is 1.46. The molecule has 18 aromatic rings. The third-order valence-electron chi connectivity index (χ3n) is 22.1. The van der Waals surface area contributed by atoms with E-state index in [0.29, 0.717) is 34.9 Å². The Bertz CT molecular complexity index is 6140. The van der Waals surface area contributed by atoms with E-state index in [1.165, 1.54) is 97.6 Å². The zero-order chi connectivity index (χ0) is 74.4. The molecule has 0 saturated carbocycles. The van der Waals surface area contributed by atoms with Gasteiger partial charge in [0.15, 0.2) is 51.1 Å². The van der Waals surface area contributed by atoms with Gasteiger partial charge in [-0.3, -0.25) is 0 Å². The van der Waals surface area contributed by atoms with Gasteiger partial charge >= 0.3 is 0 Å². The summed E-state index contributed by atoms with van der Waals surface area (Å²) in [4.78, 5) is 34.7. The summed E-state index contributed by atoms with van der Waals surface area (Å²) in [6, 6.07) is 152. The van der Waals surface area contributed by atoms with Crippen LogP contribution >= 0.6 is 0 Å². The maximum absolute atomic E-state index is 5.02. The van der Waals surface area contributed by atoms with E-state index in [4.69, 9.17) is 29.9 Å². The van der Waals surface area contributed by atoms with Crippen molar-refractivity contribution in [3.05, 3.63) is 425 Å². The monoisotopic (exact) mass is 1460 g/mol. The van der Waals surface area contributed by atoms with Crippen LogP contribution in [-0.4, -0.2) is 46.1 Å². The molecule has 0 bridgehead atoms. The minimum Gasteiger partial charge on any atom is -0.311 e. The fraction of sp³-hybridized carbons (Fsp3) is 0. The molecule has 0 amide bonds. The Morgan fingerprint density at radius 3 is 0.652 bits per heavy atom. The van der Waals surface area contributed by atoms with Crippen molar-refractivity contribution in [1.29, 1.82) is 0 Å². The van der Waals surface area contributed by atoms with Gasteiger partial charge in [0.25, 0.3) is 0 Å². The van der Waals surface area contributed by atoms with E-state index in [0.717, 1.165) is 44.8 Å². The predicted octanol–water partition coefficient (Wildman–Crippen LogP) is 19.4. The van der Waals surface area contributed by atoms with E-state index in [9.17, 15) is 0 Å². The van der Waals surface area contributed by atoms with Crippen molar-refractivity contribution >= 4 is 91.8 Å². The quantitative estimate of drug-likeness (QED) is 0.112. The maximum atomic E-state index is 5.02. The molecule has 5 heterocycles. The minimum atomic E-state index is -2.83. The number of aromatic nitrogens is 6. The van der Waals surface area contributed by atoms with Gasteiger partial charge in [0, 0.05) is 67.5 Å². The molecule has 10 heteroatoms. The number of hydrogen-bond donors (Lipinski definition) is 0. The van der Waals surface area contributed by atoms with Crippen molar-refractivity contribution in [2.24, 2.45) is 0 Å². The zero-order valence-electron chi connectivity index (χ0n) is 61.0. The molecule has 21 rings (SSSR count). The number of para-hydroxylation sites is 4. The number of fused-ring (bicyclic) bond motifs is 11. The van der Waals surface area contributed by atoms with Crippen molar-refractivity contribution in [3.8, 4) is 102 Å². The van der Waals surface area contributed by atoms with Crippen LogP contribution in [0.25, 0.3) is 102 Å². The lowest BCUT2D eigenvalue weighted by atomic mass is 9.96. The Labute approximate surface area is 653 Å². The molecule has 112 heavy (non-hydrogen) atoms. The third kappa shape index (κ3) is 11.6. The number of hydrogen-bond acceptors (Lipinski definition) is 8. The Kier molecular flexibility index (Phi) is 17.1. The Morgan fingerprint density at radius 2 is 0.375 bits per heavy atom. The molecular formula is C102H70N8Si2. The second kappa shape index (κ2) is 28.6. The topological polar surface area (TPSA) is 83.8 Å². The van der Waals surface area contributed by atoms with Crippen LogP contribution in [0.5, 0.6) is 0 Å². The summed E-state index contributed by atoms with van der Waals surface area (Å²) >= 11 is 0. The zero-order valence-corrected chi connectivity index (χ0v) is 63.0. The first-order valence-electron chi connectivity index (χ1n) is 38.0. The van der Waals surface area contributed by atoms with Gasteiger partial charge in [0.1, 0.15) is 0 Å². The predicted molar refractivity (Wildman–Crippen MR) is 466 cm³/mol. The van der Waals surface area contributed by atoms with Crippen LogP contribution in [0.4, 0.5) is 34.1 Å². The molecule has 0 atom stereocenters. The molecule has 2 aromatic heterocycles. The molecule has 3 aliphatic rings. The van der Waals surface area contributed by atoms with Gasteiger partial charge in [0.05, 0.1) is 0 Å². The first-order chi connectivity index (χ1) is 55.5. The second-order valence-corrected chi connectivity index (χ2v) is 35.8. The molecule has 0 saturated heterocycles. The Balaban J connectivity index is 0.000000149. The summed E-state index contributed by atoms with van der Waals surface area (Å²) in [7, 11) is -5.49. The minimum absolute atomic E-state index is 0.638.